The number of hydrogen-bond donors (Lipinski definition) is 0. The maximum Gasteiger partial charge on any atom is 0.122 e. The van der Waals surface area contributed by atoms with Crippen molar-refractivity contribution < 1.29 is 4.74 Å². The molecule has 0 N–H and O–H groups in total. The third-order valence-electron chi connectivity index (χ3n) is 12.2. The fourth-order valence-electron chi connectivity index (χ4n) is 9.09. The second-order valence-corrected chi connectivity index (χ2v) is 14.2. The van der Waals surface area contributed by atoms with E-state index in [4.69, 9.17) is 4.74 Å². The van der Waals surface area contributed by atoms with Gasteiger partial charge in [-0.3, -0.25) is 0 Å². The summed E-state index contributed by atoms with van der Waals surface area (Å²) in [6.45, 7) is 22.0. The van der Waals surface area contributed by atoms with E-state index in [2.05, 4.69) is 98.7 Å². The van der Waals surface area contributed by atoms with Gasteiger partial charge >= 0.3 is 0 Å². The van der Waals surface area contributed by atoms with Gasteiger partial charge < -0.3 is 4.74 Å². The largest absolute Gasteiger partial charge is 0.497 e. The first-order chi connectivity index (χ1) is 19.2. The van der Waals surface area contributed by atoms with E-state index in [1.165, 1.54) is 75.0 Å². The molecular weight excluding hydrogens is 501 g/mol. The number of fused-ring (bicyclic) bond motifs is 2. The molecule has 0 atom stereocenters. The molecule has 2 aromatic rings. The zero-order valence-corrected chi connectivity index (χ0v) is 28.4. The van der Waals surface area contributed by atoms with Crippen molar-refractivity contribution in [2.24, 2.45) is 0 Å². The molecule has 2 heteroatoms. The van der Waals surface area contributed by atoms with Gasteiger partial charge in [-0.15, -0.1) is 0 Å². The van der Waals surface area contributed by atoms with Crippen molar-refractivity contribution >= 4 is 19.9 Å². The lowest BCUT2D eigenvalue weighted by Crippen LogP contribution is -2.38. The predicted octanol–water partition coefficient (Wildman–Crippen LogP) is 10.1. The quantitative estimate of drug-likeness (QED) is 0.236. The van der Waals surface area contributed by atoms with Crippen LogP contribution in [0, 0.1) is 0 Å². The molecule has 2 radical (unpaired) electrons. The van der Waals surface area contributed by atoms with E-state index in [9.17, 15) is 0 Å². The molecule has 2 aromatic carbocycles. The fraction of sp³-hybridized carbons (Fsp3) is 0.632. The molecule has 2 aliphatic rings. The molecule has 1 nitrogen and oxygen atoms in total. The molecule has 40 heavy (non-hydrogen) atoms. The predicted molar refractivity (Wildman–Crippen MR) is 177 cm³/mol. The van der Waals surface area contributed by atoms with Gasteiger partial charge in [-0.2, -0.15) is 0 Å². The molecule has 0 amide bonds. The Morgan fingerprint density at radius 1 is 0.675 bits per heavy atom. The van der Waals surface area contributed by atoms with Gasteiger partial charge in [0.25, 0.3) is 0 Å². The Morgan fingerprint density at radius 2 is 1.07 bits per heavy atom. The van der Waals surface area contributed by atoms with Gasteiger partial charge in [0.05, 0.1) is 7.11 Å². The molecule has 0 spiro atoms. The number of ether oxygens (including phenoxy) is 1. The van der Waals surface area contributed by atoms with E-state index in [-0.39, 0.29) is 10.8 Å². The molecule has 0 fully saturated rings. The lowest BCUT2D eigenvalue weighted by atomic mass is 9.70. The zero-order chi connectivity index (χ0) is 29.3. The summed E-state index contributed by atoms with van der Waals surface area (Å²) in [5.41, 5.74) is 9.51. The average molecular weight is 557 g/mol. The Balaban J connectivity index is 2.13. The number of allylic oxidation sites excluding steroid dienone is 1. The van der Waals surface area contributed by atoms with Crippen LogP contribution in [0.1, 0.15) is 154 Å². The van der Waals surface area contributed by atoms with Crippen LogP contribution >= 0.6 is 0 Å². The van der Waals surface area contributed by atoms with Gasteiger partial charge in [0, 0.05) is 0 Å². The SMILES string of the molecule is C/C=C(/[Si]c1c2c(cc3c1C(CC)(CC)CC3(CC)CC)C(CC)(CC)CC2(CC)CC)c1ccc(OC)cc1. The highest BCUT2D eigenvalue weighted by Crippen LogP contribution is 2.61. The van der Waals surface area contributed by atoms with Crippen LogP contribution in [-0.2, 0) is 21.7 Å². The van der Waals surface area contributed by atoms with Crippen molar-refractivity contribution in [1.29, 1.82) is 0 Å². The normalized spacial score (nSPS) is 19.9. The third kappa shape index (κ3) is 4.47. The lowest BCUT2D eigenvalue weighted by Gasteiger charge is -2.36. The van der Waals surface area contributed by atoms with Crippen molar-refractivity contribution in [3.63, 3.8) is 0 Å². The van der Waals surface area contributed by atoms with Crippen LogP contribution in [-0.4, -0.2) is 16.6 Å². The first-order valence-corrected chi connectivity index (χ1v) is 17.5. The average Bonchev–Trinajstić information content (AvgIpc) is 3.48. The molecule has 0 saturated carbocycles. The highest BCUT2D eigenvalue weighted by atomic mass is 28.2. The molecule has 0 aromatic heterocycles. The molecule has 0 unspecified atom stereocenters. The highest BCUT2D eigenvalue weighted by Gasteiger charge is 2.56. The molecule has 0 heterocycles. The van der Waals surface area contributed by atoms with E-state index < -0.39 is 0 Å². The number of benzene rings is 2. The van der Waals surface area contributed by atoms with Gasteiger partial charge in [0.2, 0.25) is 0 Å². The summed E-state index contributed by atoms with van der Waals surface area (Å²) in [5.74, 6) is 0.933. The van der Waals surface area contributed by atoms with Crippen molar-refractivity contribution in [3.8, 4) is 5.75 Å². The van der Waals surface area contributed by atoms with Gasteiger partial charge in [-0.1, -0.05) is 90.0 Å². The van der Waals surface area contributed by atoms with Crippen LogP contribution in [0.2, 0.25) is 0 Å². The van der Waals surface area contributed by atoms with Crippen LogP contribution in [0.15, 0.2) is 36.4 Å². The van der Waals surface area contributed by atoms with Gasteiger partial charge in [-0.05, 0) is 133 Å². The summed E-state index contributed by atoms with van der Waals surface area (Å²) in [4.78, 5) is 0. The molecule has 0 aliphatic heterocycles. The van der Waals surface area contributed by atoms with Crippen molar-refractivity contribution in [2.45, 2.75) is 148 Å². The van der Waals surface area contributed by atoms with E-state index in [0.717, 1.165) is 5.75 Å². The first-order valence-electron chi connectivity index (χ1n) is 16.5. The summed E-state index contributed by atoms with van der Waals surface area (Å²) >= 11 is 0. The van der Waals surface area contributed by atoms with E-state index in [1.807, 2.05) is 0 Å². The molecule has 0 saturated heterocycles. The summed E-state index contributed by atoms with van der Waals surface area (Å²) in [6, 6.07) is 11.6. The Kier molecular flexibility index (Phi) is 9.21. The fourth-order valence-corrected chi connectivity index (χ4v) is 10.9. The summed E-state index contributed by atoms with van der Waals surface area (Å²) < 4.78 is 5.51. The monoisotopic (exact) mass is 556 g/mol. The minimum absolute atomic E-state index is 0.272. The topological polar surface area (TPSA) is 9.23 Å². The van der Waals surface area contributed by atoms with Crippen molar-refractivity contribution in [3.05, 3.63) is 64.2 Å². The number of hydrogen-bond acceptors (Lipinski definition) is 1. The van der Waals surface area contributed by atoms with E-state index >= 15 is 0 Å². The smallest absolute Gasteiger partial charge is 0.122 e. The van der Waals surface area contributed by atoms with Crippen LogP contribution in [0.3, 0.4) is 0 Å². The highest BCUT2D eigenvalue weighted by molar-refractivity contribution is 6.74. The second-order valence-electron chi connectivity index (χ2n) is 13.0. The number of methoxy groups -OCH3 is 1. The maximum absolute atomic E-state index is 5.51. The maximum atomic E-state index is 5.51. The molecule has 2 aliphatic carbocycles. The molecule has 218 valence electrons. The Morgan fingerprint density at radius 3 is 1.40 bits per heavy atom. The van der Waals surface area contributed by atoms with Crippen molar-refractivity contribution in [1.82, 2.24) is 0 Å². The van der Waals surface area contributed by atoms with Gasteiger partial charge in [0.1, 0.15) is 15.3 Å². The Labute approximate surface area is 249 Å². The molecule has 4 rings (SSSR count). The van der Waals surface area contributed by atoms with Crippen LogP contribution in [0.5, 0.6) is 5.75 Å². The van der Waals surface area contributed by atoms with Crippen LogP contribution in [0.4, 0.5) is 0 Å². The Hall–Kier alpha value is -1.80. The summed E-state index contributed by atoms with van der Waals surface area (Å²) in [6.07, 6.45) is 15.0. The summed E-state index contributed by atoms with van der Waals surface area (Å²) in [5, 5.41) is 3.23. The second kappa shape index (κ2) is 11.8. The zero-order valence-electron chi connectivity index (χ0n) is 27.4. The summed E-state index contributed by atoms with van der Waals surface area (Å²) in [7, 11) is 2.44. The first kappa shape index (κ1) is 31.1. The van der Waals surface area contributed by atoms with E-state index in [0.29, 0.717) is 20.3 Å². The minimum atomic E-state index is 0.272. The number of rotatable bonds is 12. The molecule has 0 bridgehead atoms. The Bertz CT molecular complexity index is 1140. The van der Waals surface area contributed by atoms with E-state index in [1.54, 1.807) is 34.6 Å². The minimum Gasteiger partial charge on any atom is -0.497 e. The van der Waals surface area contributed by atoms with Crippen molar-refractivity contribution in [2.75, 3.05) is 7.11 Å². The molecular formula is C38H56OSi. The van der Waals surface area contributed by atoms with Crippen LogP contribution in [0.25, 0.3) is 5.20 Å². The standard InChI is InChI=1S/C38H56OSi/c1-11-31(27-20-22-28(39-10)23-21-27)40-34-32-29(35(12-2,13-3)25-37(32,16-6)17-7)24-30-33(34)38(18-8,19-9)26-36(30,14-4)15-5/h11,20-24H,12-19,25-26H2,1-10H3/b31-11+. The lowest BCUT2D eigenvalue weighted by molar-refractivity contribution is 0.279. The third-order valence-corrected chi connectivity index (χ3v) is 13.8. The van der Waals surface area contributed by atoms with Gasteiger partial charge in [-0.25, -0.2) is 0 Å². The van der Waals surface area contributed by atoms with Crippen LogP contribution < -0.4 is 9.92 Å². The van der Waals surface area contributed by atoms with Gasteiger partial charge in [0.15, 0.2) is 0 Å².